The minimum Gasteiger partial charge on any atom is -0.488 e. The van der Waals surface area contributed by atoms with Gasteiger partial charge < -0.3 is 14.8 Å². The lowest BCUT2D eigenvalue weighted by molar-refractivity contribution is -0.274. The highest BCUT2D eigenvalue weighted by atomic mass is 19.4. The van der Waals surface area contributed by atoms with E-state index in [4.69, 9.17) is 4.74 Å². The van der Waals surface area contributed by atoms with Crippen molar-refractivity contribution >= 4 is 0 Å². The van der Waals surface area contributed by atoms with Gasteiger partial charge in [0.25, 0.3) is 0 Å². The van der Waals surface area contributed by atoms with Crippen molar-refractivity contribution in [1.82, 2.24) is 5.32 Å². The van der Waals surface area contributed by atoms with Crippen LogP contribution in [0.2, 0.25) is 0 Å². The van der Waals surface area contributed by atoms with Gasteiger partial charge >= 0.3 is 6.36 Å². The van der Waals surface area contributed by atoms with Crippen LogP contribution < -0.4 is 14.8 Å². The Morgan fingerprint density at radius 2 is 2.11 bits per heavy atom. The summed E-state index contributed by atoms with van der Waals surface area (Å²) in [5.74, 6) is -0.0138. The summed E-state index contributed by atoms with van der Waals surface area (Å²) in [5.41, 5.74) is 0.742. The summed E-state index contributed by atoms with van der Waals surface area (Å²) in [7, 11) is 0. The van der Waals surface area contributed by atoms with Gasteiger partial charge in [0, 0.05) is 24.6 Å². The first-order valence-electron chi connectivity index (χ1n) is 5.86. The minimum atomic E-state index is -4.73. The lowest BCUT2D eigenvalue weighted by Gasteiger charge is -2.27. The average Bonchev–Trinajstić information content (AvgIpc) is 2.62. The van der Waals surface area contributed by atoms with Gasteiger partial charge in [0.1, 0.15) is 23.8 Å². The number of nitrogens with one attached hydrogen (secondary N) is 1. The van der Waals surface area contributed by atoms with E-state index in [1.54, 1.807) is 0 Å². The number of benzene rings is 1. The predicted molar refractivity (Wildman–Crippen MR) is 57.8 cm³/mol. The van der Waals surface area contributed by atoms with E-state index < -0.39 is 12.5 Å². The Kier molecular flexibility index (Phi) is 2.81. The van der Waals surface area contributed by atoms with Crippen molar-refractivity contribution in [2.24, 2.45) is 0 Å². The smallest absolute Gasteiger partial charge is 0.488 e. The largest absolute Gasteiger partial charge is 0.573 e. The summed E-state index contributed by atoms with van der Waals surface area (Å²) in [5, 5.41) is 2.99. The van der Waals surface area contributed by atoms with E-state index >= 15 is 0 Å². The SMILES string of the molecule is F[C@@H]1CN[C@H]2c3ccc(OC(F)(F)F)cc3O[C@H]2C1. The molecule has 3 atom stereocenters. The molecule has 1 aromatic carbocycles. The molecule has 0 saturated carbocycles. The van der Waals surface area contributed by atoms with Gasteiger partial charge in [-0.15, -0.1) is 13.2 Å². The van der Waals surface area contributed by atoms with Gasteiger partial charge in [-0.3, -0.25) is 0 Å². The van der Waals surface area contributed by atoms with Crippen molar-refractivity contribution in [3.8, 4) is 11.5 Å². The van der Waals surface area contributed by atoms with Crippen LogP contribution in [-0.2, 0) is 0 Å². The molecule has 2 aliphatic heterocycles. The second-order valence-electron chi connectivity index (χ2n) is 4.62. The number of rotatable bonds is 1. The summed E-state index contributed by atoms with van der Waals surface area (Å²) in [6, 6.07) is 3.78. The highest BCUT2D eigenvalue weighted by Gasteiger charge is 2.40. The second-order valence-corrected chi connectivity index (χ2v) is 4.62. The third kappa shape index (κ3) is 2.47. The molecular formula is C12H11F4NO2. The van der Waals surface area contributed by atoms with Crippen LogP contribution in [0.4, 0.5) is 17.6 Å². The fraction of sp³-hybridized carbons (Fsp3) is 0.500. The van der Waals surface area contributed by atoms with Gasteiger partial charge in [0.2, 0.25) is 0 Å². The van der Waals surface area contributed by atoms with Crippen molar-refractivity contribution in [2.45, 2.75) is 31.1 Å². The molecule has 1 aromatic rings. The molecule has 0 bridgehead atoms. The first-order chi connectivity index (χ1) is 8.92. The third-order valence-electron chi connectivity index (χ3n) is 3.25. The van der Waals surface area contributed by atoms with Crippen molar-refractivity contribution in [3.05, 3.63) is 23.8 Å². The van der Waals surface area contributed by atoms with Gasteiger partial charge in [-0.05, 0) is 12.1 Å². The van der Waals surface area contributed by atoms with Gasteiger partial charge in [-0.25, -0.2) is 4.39 Å². The number of hydrogen-bond donors (Lipinski definition) is 1. The van der Waals surface area contributed by atoms with Crippen LogP contribution in [-0.4, -0.2) is 25.2 Å². The number of ether oxygens (including phenoxy) is 2. The molecule has 0 amide bonds. The van der Waals surface area contributed by atoms with Crippen molar-refractivity contribution < 1.29 is 27.0 Å². The third-order valence-corrected chi connectivity index (χ3v) is 3.25. The lowest BCUT2D eigenvalue weighted by Crippen LogP contribution is -2.42. The highest BCUT2D eigenvalue weighted by molar-refractivity contribution is 5.46. The van der Waals surface area contributed by atoms with Crippen molar-refractivity contribution in [3.63, 3.8) is 0 Å². The topological polar surface area (TPSA) is 30.5 Å². The zero-order valence-electron chi connectivity index (χ0n) is 9.71. The van der Waals surface area contributed by atoms with E-state index in [0.717, 1.165) is 5.56 Å². The Balaban J connectivity index is 1.83. The fourth-order valence-electron chi connectivity index (χ4n) is 2.52. The van der Waals surface area contributed by atoms with E-state index in [9.17, 15) is 17.6 Å². The molecule has 1 N–H and O–H groups in total. The molecule has 0 aromatic heterocycles. The van der Waals surface area contributed by atoms with Gasteiger partial charge in [0.05, 0.1) is 6.04 Å². The molecule has 3 nitrogen and oxygen atoms in total. The van der Waals surface area contributed by atoms with Crippen LogP contribution in [0.25, 0.3) is 0 Å². The quantitative estimate of drug-likeness (QED) is 0.801. The van der Waals surface area contributed by atoms with E-state index in [0.29, 0.717) is 5.75 Å². The molecule has 104 valence electrons. The molecule has 1 fully saturated rings. The molecule has 0 aliphatic carbocycles. The standard InChI is InChI=1S/C12H11F4NO2/c13-6-3-10-11(17-5-6)8-2-1-7(4-9(8)18-10)19-12(14,15)16/h1-2,4,6,10-11,17H,3,5H2/t6-,10-,11-/m0/s1. The predicted octanol–water partition coefficient (Wildman–Crippen LogP) is 2.72. The molecule has 0 unspecified atom stereocenters. The summed E-state index contributed by atoms with van der Waals surface area (Å²) in [6.07, 6.45) is -5.87. The Morgan fingerprint density at radius 3 is 2.84 bits per heavy atom. The summed E-state index contributed by atoms with van der Waals surface area (Å²) in [4.78, 5) is 0. The van der Waals surface area contributed by atoms with Crippen molar-refractivity contribution in [1.29, 1.82) is 0 Å². The summed E-state index contributed by atoms with van der Waals surface area (Å²) < 4.78 is 58.9. The molecule has 2 heterocycles. The molecule has 2 aliphatic rings. The van der Waals surface area contributed by atoms with E-state index in [2.05, 4.69) is 10.1 Å². The zero-order valence-corrected chi connectivity index (χ0v) is 9.71. The highest BCUT2D eigenvalue weighted by Crippen LogP contribution is 2.42. The maximum absolute atomic E-state index is 13.2. The molecule has 0 radical (unpaired) electrons. The number of piperidine rings is 1. The monoisotopic (exact) mass is 277 g/mol. The van der Waals surface area contributed by atoms with Crippen LogP contribution >= 0.6 is 0 Å². The normalized spacial score (nSPS) is 29.4. The Morgan fingerprint density at radius 1 is 1.32 bits per heavy atom. The number of fused-ring (bicyclic) bond motifs is 3. The molecular weight excluding hydrogens is 266 g/mol. The maximum atomic E-state index is 13.2. The van der Waals surface area contributed by atoms with E-state index in [1.165, 1.54) is 18.2 Å². The van der Waals surface area contributed by atoms with Crippen LogP contribution in [0.3, 0.4) is 0 Å². The van der Waals surface area contributed by atoms with Crippen LogP contribution in [0, 0.1) is 0 Å². The van der Waals surface area contributed by atoms with E-state index in [-0.39, 0.29) is 30.9 Å². The summed E-state index contributed by atoms with van der Waals surface area (Å²) in [6.45, 7) is 0.227. The maximum Gasteiger partial charge on any atom is 0.573 e. The number of halogens is 4. The second kappa shape index (κ2) is 4.26. The molecule has 3 rings (SSSR count). The number of hydrogen-bond acceptors (Lipinski definition) is 3. The Labute approximate surface area is 106 Å². The Hall–Kier alpha value is -1.50. The number of alkyl halides is 4. The lowest BCUT2D eigenvalue weighted by atomic mass is 9.96. The summed E-state index contributed by atoms with van der Waals surface area (Å²) >= 11 is 0. The molecule has 1 saturated heterocycles. The van der Waals surface area contributed by atoms with Crippen molar-refractivity contribution in [2.75, 3.05) is 6.54 Å². The van der Waals surface area contributed by atoms with E-state index in [1.807, 2.05) is 0 Å². The minimum absolute atomic E-state index is 0.165. The molecule has 19 heavy (non-hydrogen) atoms. The molecule has 7 heteroatoms. The van der Waals surface area contributed by atoms with Gasteiger partial charge in [-0.1, -0.05) is 0 Å². The van der Waals surface area contributed by atoms with Gasteiger partial charge in [0.15, 0.2) is 0 Å². The average molecular weight is 277 g/mol. The van der Waals surface area contributed by atoms with Crippen LogP contribution in [0.15, 0.2) is 18.2 Å². The van der Waals surface area contributed by atoms with Crippen LogP contribution in [0.5, 0.6) is 11.5 Å². The first kappa shape index (κ1) is 12.5. The first-order valence-corrected chi connectivity index (χ1v) is 5.86. The van der Waals surface area contributed by atoms with Crippen LogP contribution in [0.1, 0.15) is 18.0 Å². The zero-order chi connectivity index (χ0) is 13.6. The van der Waals surface area contributed by atoms with Gasteiger partial charge in [-0.2, -0.15) is 0 Å². The Bertz CT molecular complexity index is 491. The fourth-order valence-corrected chi connectivity index (χ4v) is 2.52. The molecule has 0 spiro atoms.